The molecule has 1 aliphatic rings. The number of hydrogen-bond donors (Lipinski definition) is 1. The summed E-state index contributed by atoms with van der Waals surface area (Å²) in [7, 11) is 0. The topological polar surface area (TPSA) is 79.9 Å². The fourth-order valence-electron chi connectivity index (χ4n) is 3.19. The lowest BCUT2D eigenvalue weighted by Crippen LogP contribution is -2.12. The summed E-state index contributed by atoms with van der Waals surface area (Å²) < 4.78 is 7.33. The molecule has 1 amide bonds. The van der Waals surface area contributed by atoms with E-state index in [4.69, 9.17) is 4.74 Å². The molecule has 1 aromatic carbocycles. The summed E-state index contributed by atoms with van der Waals surface area (Å²) in [5.41, 5.74) is 2.22. The van der Waals surface area contributed by atoms with Gasteiger partial charge in [-0.25, -0.2) is 4.68 Å². The third-order valence-corrected chi connectivity index (χ3v) is 5.74. The van der Waals surface area contributed by atoms with Gasteiger partial charge >= 0.3 is 0 Å². The highest BCUT2D eigenvalue weighted by molar-refractivity contribution is 7.16. The maximum atomic E-state index is 12.7. The zero-order valence-corrected chi connectivity index (χ0v) is 15.5. The van der Waals surface area contributed by atoms with Crippen LogP contribution in [0.3, 0.4) is 0 Å². The maximum absolute atomic E-state index is 12.7. The van der Waals surface area contributed by atoms with Crippen LogP contribution in [0.5, 0.6) is 5.75 Å². The van der Waals surface area contributed by atoms with Crippen molar-refractivity contribution in [3.8, 4) is 11.8 Å². The van der Waals surface area contributed by atoms with E-state index in [2.05, 4.69) is 16.5 Å². The monoisotopic (exact) mass is 378 g/mol. The largest absolute Gasteiger partial charge is 0.471 e. The third-order valence-electron chi connectivity index (χ3n) is 4.53. The number of carbonyl (C=O) groups excluding carboxylic acids is 1. The normalized spacial score (nSPS) is 12.9. The number of benzene rings is 1. The lowest BCUT2D eigenvalue weighted by Gasteiger charge is -2.09. The van der Waals surface area contributed by atoms with Gasteiger partial charge in [-0.15, -0.1) is 11.3 Å². The summed E-state index contributed by atoms with van der Waals surface area (Å²) in [4.78, 5) is 13.9. The van der Waals surface area contributed by atoms with E-state index in [9.17, 15) is 10.1 Å². The van der Waals surface area contributed by atoms with Gasteiger partial charge in [-0.1, -0.05) is 6.07 Å². The molecule has 2 heterocycles. The van der Waals surface area contributed by atoms with Crippen LogP contribution in [0.15, 0.2) is 42.7 Å². The number of nitrogens with one attached hydrogen (secondary N) is 1. The van der Waals surface area contributed by atoms with Crippen LogP contribution in [-0.4, -0.2) is 15.7 Å². The van der Waals surface area contributed by atoms with Crippen LogP contribution >= 0.6 is 11.3 Å². The van der Waals surface area contributed by atoms with E-state index in [1.807, 2.05) is 6.07 Å². The Morgan fingerprint density at radius 2 is 2.22 bits per heavy atom. The number of ether oxygens (including phenoxy) is 1. The van der Waals surface area contributed by atoms with E-state index >= 15 is 0 Å². The van der Waals surface area contributed by atoms with Crippen LogP contribution in [-0.2, 0) is 19.6 Å². The Labute approximate surface area is 161 Å². The molecule has 0 saturated heterocycles. The molecule has 1 N–H and O–H groups in total. The molecule has 3 aromatic rings. The number of carbonyl (C=O) groups is 1. The highest BCUT2D eigenvalue weighted by Crippen LogP contribution is 2.37. The van der Waals surface area contributed by atoms with Gasteiger partial charge in [0.15, 0.2) is 6.73 Å². The minimum Gasteiger partial charge on any atom is -0.471 e. The van der Waals surface area contributed by atoms with Gasteiger partial charge in [0.1, 0.15) is 16.8 Å². The average molecular weight is 378 g/mol. The molecule has 0 atom stereocenters. The number of nitrogens with zero attached hydrogens (tertiary/aromatic N) is 3. The molecule has 0 spiro atoms. The first-order valence-electron chi connectivity index (χ1n) is 8.81. The second-order valence-electron chi connectivity index (χ2n) is 6.33. The van der Waals surface area contributed by atoms with Gasteiger partial charge in [0, 0.05) is 22.8 Å². The molecule has 0 radical (unpaired) electrons. The van der Waals surface area contributed by atoms with Crippen LogP contribution in [0.4, 0.5) is 5.00 Å². The van der Waals surface area contributed by atoms with Gasteiger partial charge in [-0.2, -0.15) is 10.4 Å². The molecule has 4 rings (SSSR count). The minimum absolute atomic E-state index is 0.241. The SMILES string of the molecule is N#Cc1c(NC(=O)c2cccc(OCn3cccn3)c2)sc2c1CCCC2. The molecule has 7 heteroatoms. The van der Waals surface area contributed by atoms with E-state index in [0.29, 0.717) is 21.9 Å². The van der Waals surface area contributed by atoms with Crippen LogP contribution in [0.2, 0.25) is 0 Å². The molecule has 136 valence electrons. The van der Waals surface area contributed by atoms with Crippen molar-refractivity contribution >= 4 is 22.2 Å². The van der Waals surface area contributed by atoms with E-state index < -0.39 is 0 Å². The number of hydrogen-bond acceptors (Lipinski definition) is 5. The quantitative estimate of drug-likeness (QED) is 0.728. The second-order valence-corrected chi connectivity index (χ2v) is 7.43. The first kappa shape index (κ1) is 17.3. The summed E-state index contributed by atoms with van der Waals surface area (Å²) in [6.07, 6.45) is 7.63. The van der Waals surface area contributed by atoms with Crippen LogP contribution in [0.25, 0.3) is 0 Å². The molecule has 0 saturated carbocycles. The van der Waals surface area contributed by atoms with Gasteiger partial charge < -0.3 is 10.1 Å². The molecule has 0 fully saturated rings. The third kappa shape index (κ3) is 3.71. The fourth-order valence-corrected chi connectivity index (χ4v) is 4.43. The van der Waals surface area contributed by atoms with Crippen molar-refractivity contribution < 1.29 is 9.53 Å². The first-order chi connectivity index (χ1) is 13.2. The number of aromatic nitrogens is 2. The van der Waals surface area contributed by atoms with Crippen LogP contribution < -0.4 is 10.1 Å². The van der Waals surface area contributed by atoms with Crippen LogP contribution in [0, 0.1) is 11.3 Å². The number of thiophene rings is 1. The van der Waals surface area contributed by atoms with Gasteiger partial charge in [0.25, 0.3) is 5.91 Å². The Morgan fingerprint density at radius 1 is 1.33 bits per heavy atom. The zero-order chi connectivity index (χ0) is 18.6. The smallest absolute Gasteiger partial charge is 0.256 e. The van der Waals surface area contributed by atoms with E-state index in [0.717, 1.165) is 31.2 Å². The molecule has 1 aliphatic carbocycles. The first-order valence-corrected chi connectivity index (χ1v) is 9.62. The number of anilines is 1. The van der Waals surface area contributed by atoms with Crippen molar-refractivity contribution in [3.63, 3.8) is 0 Å². The van der Waals surface area contributed by atoms with E-state index in [1.165, 1.54) is 16.2 Å². The predicted octanol–water partition coefficient (Wildman–Crippen LogP) is 3.98. The van der Waals surface area contributed by atoms with Crippen molar-refractivity contribution in [1.82, 2.24) is 9.78 Å². The number of aryl methyl sites for hydroxylation is 1. The summed E-state index contributed by atoms with van der Waals surface area (Å²) in [6.45, 7) is 0.272. The Hall–Kier alpha value is -3.11. The minimum atomic E-state index is -0.241. The molecule has 0 aliphatic heterocycles. The lowest BCUT2D eigenvalue weighted by atomic mass is 9.96. The summed E-state index contributed by atoms with van der Waals surface area (Å²) in [6, 6.07) is 11.1. The molecule has 0 unspecified atom stereocenters. The van der Waals surface area contributed by atoms with Crippen molar-refractivity contribution in [2.24, 2.45) is 0 Å². The highest BCUT2D eigenvalue weighted by atomic mass is 32.1. The van der Waals surface area contributed by atoms with Crippen molar-refractivity contribution in [3.05, 3.63) is 64.3 Å². The Morgan fingerprint density at radius 3 is 3.04 bits per heavy atom. The predicted molar refractivity (Wildman–Crippen MR) is 103 cm³/mol. The molecule has 2 aromatic heterocycles. The van der Waals surface area contributed by atoms with Crippen LogP contribution in [0.1, 0.15) is 39.2 Å². The average Bonchev–Trinajstić information content (AvgIpc) is 3.33. The Balaban J connectivity index is 1.49. The highest BCUT2D eigenvalue weighted by Gasteiger charge is 2.22. The fraction of sp³-hybridized carbons (Fsp3) is 0.250. The van der Waals surface area contributed by atoms with E-state index in [-0.39, 0.29) is 12.6 Å². The van der Waals surface area contributed by atoms with E-state index in [1.54, 1.807) is 41.3 Å². The maximum Gasteiger partial charge on any atom is 0.256 e. The van der Waals surface area contributed by atoms with Gasteiger partial charge in [-0.05, 0) is 55.5 Å². The zero-order valence-electron chi connectivity index (χ0n) is 14.6. The van der Waals surface area contributed by atoms with Gasteiger partial charge in [-0.3, -0.25) is 4.79 Å². The molecular formula is C20H18N4O2S. The molecule has 0 bridgehead atoms. The number of nitriles is 1. The molecular weight excluding hydrogens is 360 g/mol. The Kier molecular flexibility index (Phi) is 4.90. The van der Waals surface area contributed by atoms with Gasteiger partial charge in [0.2, 0.25) is 0 Å². The molecule has 27 heavy (non-hydrogen) atoms. The Bertz CT molecular complexity index is 1000. The van der Waals surface area contributed by atoms with Crippen molar-refractivity contribution in [2.75, 3.05) is 5.32 Å². The number of rotatable bonds is 5. The second kappa shape index (κ2) is 7.64. The van der Waals surface area contributed by atoms with Gasteiger partial charge in [0.05, 0.1) is 5.56 Å². The standard InChI is InChI=1S/C20H18N4O2S/c21-12-17-16-7-1-2-8-18(16)27-20(17)23-19(25)14-5-3-6-15(11-14)26-13-24-10-4-9-22-24/h3-6,9-11H,1-2,7-8,13H2,(H,23,25). The summed E-state index contributed by atoms with van der Waals surface area (Å²) in [5.74, 6) is 0.346. The number of fused-ring (bicyclic) bond motifs is 1. The molecule has 6 nitrogen and oxygen atoms in total. The summed E-state index contributed by atoms with van der Waals surface area (Å²) >= 11 is 1.52. The number of amides is 1. The van der Waals surface area contributed by atoms with Crippen molar-refractivity contribution in [2.45, 2.75) is 32.4 Å². The summed E-state index contributed by atoms with van der Waals surface area (Å²) in [5, 5.41) is 17.2. The lowest BCUT2D eigenvalue weighted by molar-refractivity contribution is 0.102. The van der Waals surface area contributed by atoms with Crippen molar-refractivity contribution in [1.29, 1.82) is 5.26 Å².